The minimum atomic E-state index is -0.767. The van der Waals surface area contributed by atoms with Gasteiger partial charge in [0.15, 0.2) is 10.3 Å². The zero-order chi connectivity index (χ0) is 17.6. The lowest BCUT2D eigenvalue weighted by Gasteiger charge is -2.33. The Balaban J connectivity index is 2.01. The van der Waals surface area contributed by atoms with Gasteiger partial charge in [-0.1, -0.05) is 0 Å². The van der Waals surface area contributed by atoms with E-state index in [9.17, 15) is 14.7 Å². The first-order chi connectivity index (χ1) is 10.5. The summed E-state index contributed by atoms with van der Waals surface area (Å²) in [6.07, 6.45) is 0. The van der Waals surface area contributed by atoms with Gasteiger partial charge in [0.1, 0.15) is 6.04 Å². The number of rotatable bonds is 3. The minimum absolute atomic E-state index is 0.137. The zero-order valence-electron chi connectivity index (χ0n) is 13.7. The predicted molar refractivity (Wildman–Crippen MR) is 82.3 cm³/mol. The Labute approximate surface area is 138 Å². The molecule has 2 atom stereocenters. The highest BCUT2D eigenvalue weighted by atomic mass is 32.2. The summed E-state index contributed by atoms with van der Waals surface area (Å²) in [4.78, 5) is 28.4. The maximum absolute atomic E-state index is 12.3. The van der Waals surface area contributed by atoms with Crippen LogP contribution in [-0.2, 0) is 19.1 Å². The molecule has 126 valence electrons. The molecular weight excluding hydrogens is 322 g/mol. The molecule has 0 aromatic rings. The van der Waals surface area contributed by atoms with E-state index in [0.29, 0.717) is 0 Å². The quantitative estimate of drug-likeness (QED) is 0.473. The highest BCUT2D eigenvalue weighted by Gasteiger charge is 2.65. The number of aliphatic hydroxyl groups excluding tert-OH is 1. The second-order valence-electron chi connectivity index (χ2n) is 6.96. The second-order valence-corrected chi connectivity index (χ2v) is 8.69. The normalized spacial score (nSPS) is 25.3. The zero-order valence-corrected chi connectivity index (χ0v) is 14.5. The lowest BCUT2D eigenvalue weighted by atomic mass is 9.98. The van der Waals surface area contributed by atoms with Crippen LogP contribution in [0.25, 0.3) is 4.98 Å². The van der Waals surface area contributed by atoms with Gasteiger partial charge in [-0.3, -0.25) is 9.69 Å². The maximum atomic E-state index is 12.3. The third-order valence-corrected chi connectivity index (χ3v) is 5.15. The van der Waals surface area contributed by atoms with Gasteiger partial charge < -0.3 is 14.6 Å². The first-order valence-corrected chi connectivity index (χ1v) is 7.97. The highest BCUT2D eigenvalue weighted by Crippen LogP contribution is 2.54. The van der Waals surface area contributed by atoms with E-state index in [1.54, 1.807) is 20.8 Å². The van der Waals surface area contributed by atoms with Crippen LogP contribution in [0.5, 0.6) is 0 Å². The molecule has 9 heteroatoms. The summed E-state index contributed by atoms with van der Waals surface area (Å²) in [5.41, 5.74) is -0.548. The summed E-state index contributed by atoms with van der Waals surface area (Å²) in [6, 6.07) is -0.767. The third-order valence-electron chi connectivity index (χ3n) is 3.65. The molecule has 0 aromatic heterocycles. The van der Waals surface area contributed by atoms with Gasteiger partial charge in [0.25, 0.3) is 5.88 Å². The Kier molecular flexibility index (Phi) is 4.24. The number of diazo groups is 1. The van der Waals surface area contributed by atoms with E-state index < -0.39 is 40.3 Å². The largest absolute Gasteiger partial charge is 0.489 e. The number of esters is 2. The number of aliphatic hydroxyl groups is 1. The van der Waals surface area contributed by atoms with E-state index >= 15 is 0 Å². The predicted octanol–water partition coefficient (Wildman–Crippen LogP) is 2.19. The van der Waals surface area contributed by atoms with Gasteiger partial charge in [0.05, 0.1) is 5.41 Å². The first-order valence-electron chi connectivity index (χ1n) is 7.09. The molecule has 2 aliphatic heterocycles. The van der Waals surface area contributed by atoms with E-state index in [4.69, 9.17) is 14.9 Å². The van der Waals surface area contributed by atoms with Crippen LogP contribution in [0.15, 0.2) is 11.6 Å². The van der Waals surface area contributed by atoms with Crippen molar-refractivity contribution >= 4 is 23.7 Å². The van der Waals surface area contributed by atoms with Crippen molar-refractivity contribution in [3.05, 3.63) is 16.6 Å². The summed E-state index contributed by atoms with van der Waals surface area (Å²) in [7, 11) is 0. The molecule has 0 aliphatic carbocycles. The standard InChI is InChI=1S/C14H19N3O5S/c1-13(2,3)12(20)22-6-21-11(19)8-14(4,5)23-10-7(16-15)9(18)17(8)10/h8,10H,6H2,1-5H3/p+1/t8-,10+/m0/s1. The lowest BCUT2D eigenvalue weighted by molar-refractivity contribution is -0.176. The second kappa shape index (κ2) is 5.60. The number of hydrogen-bond donors (Lipinski definition) is 1. The molecule has 1 N–H and O–H groups in total. The van der Waals surface area contributed by atoms with Gasteiger partial charge in [0.2, 0.25) is 12.2 Å². The van der Waals surface area contributed by atoms with Crippen molar-refractivity contribution in [2.45, 2.75) is 50.8 Å². The summed E-state index contributed by atoms with van der Waals surface area (Å²) in [5, 5.41) is 18.4. The fraction of sp³-hybridized carbons (Fsp3) is 0.714. The maximum Gasteiger partial charge on any atom is 0.452 e. The summed E-state index contributed by atoms with van der Waals surface area (Å²) >= 11 is 1.38. The van der Waals surface area contributed by atoms with Crippen molar-refractivity contribution in [2.24, 2.45) is 5.41 Å². The minimum Gasteiger partial charge on any atom is -0.489 e. The van der Waals surface area contributed by atoms with Crippen molar-refractivity contribution in [2.75, 3.05) is 6.79 Å². The summed E-state index contributed by atoms with van der Waals surface area (Å²) < 4.78 is 9.37. The average Bonchev–Trinajstić information content (AvgIpc) is 2.66. The van der Waals surface area contributed by atoms with Crippen LogP contribution < -0.4 is 0 Å². The Bertz CT molecular complexity index is 617. The number of hydrogen-bond acceptors (Lipinski definition) is 8. The van der Waals surface area contributed by atoms with Crippen LogP contribution in [0.1, 0.15) is 34.6 Å². The molecule has 0 amide bonds. The highest BCUT2D eigenvalue weighted by molar-refractivity contribution is 8.01. The number of carbonyl (C=O) groups excluding carboxylic acids is 2. The van der Waals surface area contributed by atoms with Crippen LogP contribution >= 0.6 is 11.8 Å². The van der Waals surface area contributed by atoms with Gasteiger partial charge in [-0.15, -0.1) is 11.8 Å². The van der Waals surface area contributed by atoms with E-state index in [1.807, 2.05) is 13.8 Å². The van der Waals surface area contributed by atoms with E-state index in [-0.39, 0.29) is 11.6 Å². The molecule has 0 saturated carbocycles. The van der Waals surface area contributed by atoms with Crippen molar-refractivity contribution < 1.29 is 24.2 Å². The molecule has 0 bridgehead atoms. The topological polar surface area (TPSA) is 104 Å². The van der Waals surface area contributed by atoms with Crippen molar-refractivity contribution in [1.29, 1.82) is 5.39 Å². The number of fused-ring (bicyclic) bond motifs is 1. The van der Waals surface area contributed by atoms with Gasteiger partial charge in [-0.2, -0.15) is 0 Å². The molecule has 8 nitrogen and oxygen atoms in total. The van der Waals surface area contributed by atoms with E-state index in [1.165, 1.54) is 16.7 Å². The smallest absolute Gasteiger partial charge is 0.452 e. The fourth-order valence-electron chi connectivity index (χ4n) is 2.40. The molecule has 1 saturated heterocycles. The molecule has 0 spiro atoms. The first kappa shape index (κ1) is 17.4. The molecule has 2 aliphatic rings. The Hall–Kier alpha value is -1.95. The monoisotopic (exact) mass is 342 g/mol. The summed E-state index contributed by atoms with van der Waals surface area (Å²) in [6.45, 7) is 8.26. The fourth-order valence-corrected chi connectivity index (χ4v) is 3.92. The van der Waals surface area contributed by atoms with Crippen molar-refractivity contribution in [3.8, 4) is 0 Å². The number of nitrogens with zero attached hydrogens (tertiary/aromatic N) is 3. The Morgan fingerprint density at radius 3 is 2.52 bits per heavy atom. The number of carbonyl (C=O) groups is 2. The van der Waals surface area contributed by atoms with Gasteiger partial charge in [-0.05, 0) is 34.6 Å². The van der Waals surface area contributed by atoms with Crippen LogP contribution in [0.3, 0.4) is 0 Å². The SMILES string of the molecule is CC(C)(C)C(=O)OCOC(=O)[C@@H]1N2C(O)=C([N+]#N)[C@H]2SC1(C)C. The summed E-state index contributed by atoms with van der Waals surface area (Å²) in [5.74, 6) is -1.34. The van der Waals surface area contributed by atoms with Gasteiger partial charge in [0, 0.05) is 4.75 Å². The average molecular weight is 342 g/mol. The molecule has 2 rings (SSSR count). The Morgan fingerprint density at radius 1 is 1.39 bits per heavy atom. The molecule has 0 aromatic carbocycles. The molecule has 23 heavy (non-hydrogen) atoms. The number of thioether (sulfide) groups is 1. The number of ether oxygens (including phenoxy) is 2. The van der Waals surface area contributed by atoms with Crippen LogP contribution in [0.2, 0.25) is 0 Å². The van der Waals surface area contributed by atoms with Crippen LogP contribution in [0, 0.1) is 10.8 Å². The van der Waals surface area contributed by atoms with Gasteiger partial charge >= 0.3 is 17.6 Å². The van der Waals surface area contributed by atoms with Crippen LogP contribution in [-0.4, -0.2) is 44.9 Å². The van der Waals surface area contributed by atoms with E-state index in [0.717, 1.165) is 0 Å². The molecule has 1 fully saturated rings. The molecular formula is C14H20N3O5S+. The Morgan fingerprint density at radius 2 is 2.00 bits per heavy atom. The van der Waals surface area contributed by atoms with Crippen molar-refractivity contribution in [3.63, 3.8) is 0 Å². The van der Waals surface area contributed by atoms with E-state index in [2.05, 4.69) is 4.98 Å². The third kappa shape index (κ3) is 2.95. The molecule has 2 heterocycles. The van der Waals surface area contributed by atoms with Gasteiger partial charge in [-0.25, -0.2) is 4.79 Å². The molecule has 0 unspecified atom stereocenters. The lowest BCUT2D eigenvalue weighted by Crippen LogP contribution is -2.52. The van der Waals surface area contributed by atoms with Crippen LogP contribution in [0.4, 0.5) is 0 Å². The van der Waals surface area contributed by atoms with Crippen molar-refractivity contribution in [1.82, 2.24) is 4.90 Å². The molecule has 0 radical (unpaired) electrons.